The van der Waals surface area contributed by atoms with E-state index < -0.39 is 0 Å². The highest BCUT2D eigenvalue weighted by Crippen LogP contribution is 2.49. The van der Waals surface area contributed by atoms with Gasteiger partial charge in [-0.3, -0.25) is 14.6 Å². The van der Waals surface area contributed by atoms with Gasteiger partial charge in [0.2, 0.25) is 0 Å². The van der Waals surface area contributed by atoms with Gasteiger partial charge in [0.05, 0.1) is 7.11 Å². The Morgan fingerprint density at radius 3 is 2.81 bits per heavy atom. The molecule has 0 amide bonds. The van der Waals surface area contributed by atoms with Gasteiger partial charge < -0.3 is 4.74 Å². The molecule has 4 heteroatoms. The minimum atomic E-state index is -0.120. The van der Waals surface area contributed by atoms with Crippen LogP contribution < -0.4 is 0 Å². The molecule has 4 atom stereocenters. The predicted molar refractivity (Wildman–Crippen MR) is 79.7 cm³/mol. The first-order chi connectivity index (χ1) is 10.3. The number of carbonyl (C=O) groups is 1. The number of piperidine rings is 1. The molecule has 2 saturated heterocycles. The molecule has 112 valence electrons. The van der Waals surface area contributed by atoms with Crippen molar-refractivity contribution in [3.05, 3.63) is 35.9 Å². The van der Waals surface area contributed by atoms with Crippen molar-refractivity contribution in [2.75, 3.05) is 20.2 Å². The lowest BCUT2D eigenvalue weighted by Gasteiger charge is -2.43. The molecule has 1 saturated carbocycles. The summed E-state index contributed by atoms with van der Waals surface area (Å²) in [6.07, 6.45) is 2.65. The van der Waals surface area contributed by atoms with Crippen LogP contribution in [0, 0.1) is 5.92 Å². The Morgan fingerprint density at radius 1 is 1.24 bits per heavy atom. The minimum absolute atomic E-state index is 0.0894. The predicted octanol–water partition coefficient (Wildman–Crippen LogP) is 1.51. The summed E-state index contributed by atoms with van der Waals surface area (Å²) in [6, 6.07) is 11.7. The number of rotatable bonds is 3. The Balaban J connectivity index is 1.53. The van der Waals surface area contributed by atoms with E-state index in [0.717, 1.165) is 31.6 Å². The van der Waals surface area contributed by atoms with E-state index in [4.69, 9.17) is 4.74 Å². The maximum atomic E-state index is 12.2. The lowest BCUT2D eigenvalue weighted by Crippen LogP contribution is -2.59. The van der Waals surface area contributed by atoms with Crippen molar-refractivity contribution in [2.45, 2.75) is 37.5 Å². The summed E-state index contributed by atoms with van der Waals surface area (Å²) in [4.78, 5) is 17.1. The van der Waals surface area contributed by atoms with Crippen molar-refractivity contribution in [3.8, 4) is 0 Å². The van der Waals surface area contributed by atoms with E-state index in [9.17, 15) is 4.79 Å². The average molecular weight is 286 g/mol. The van der Waals surface area contributed by atoms with Gasteiger partial charge in [-0.15, -0.1) is 0 Å². The maximum absolute atomic E-state index is 12.2. The molecule has 3 aliphatic rings. The molecular weight excluding hydrogens is 264 g/mol. The van der Waals surface area contributed by atoms with Gasteiger partial charge in [0.25, 0.3) is 0 Å². The summed E-state index contributed by atoms with van der Waals surface area (Å²) in [6.45, 7) is 2.66. The molecule has 0 bridgehead atoms. The zero-order valence-electron chi connectivity index (χ0n) is 12.4. The summed E-state index contributed by atoms with van der Waals surface area (Å²) < 4.78 is 5.05. The number of benzene rings is 1. The molecule has 0 radical (unpaired) electrons. The molecule has 2 heterocycles. The Kier molecular flexibility index (Phi) is 3.23. The molecule has 1 aromatic carbocycles. The lowest BCUT2D eigenvalue weighted by molar-refractivity contribution is -0.151. The second kappa shape index (κ2) is 5.11. The topological polar surface area (TPSA) is 32.8 Å². The Morgan fingerprint density at radius 2 is 2.05 bits per heavy atom. The molecule has 0 spiro atoms. The van der Waals surface area contributed by atoms with Gasteiger partial charge in [-0.1, -0.05) is 30.3 Å². The fraction of sp³-hybridized carbons (Fsp3) is 0.588. The van der Waals surface area contributed by atoms with Crippen molar-refractivity contribution in [2.24, 2.45) is 5.92 Å². The van der Waals surface area contributed by atoms with E-state index >= 15 is 0 Å². The van der Waals surface area contributed by atoms with Crippen LogP contribution in [0.4, 0.5) is 0 Å². The van der Waals surface area contributed by atoms with Gasteiger partial charge in [0.15, 0.2) is 0 Å². The van der Waals surface area contributed by atoms with Gasteiger partial charge >= 0.3 is 5.97 Å². The van der Waals surface area contributed by atoms with Gasteiger partial charge in [0.1, 0.15) is 6.04 Å². The van der Waals surface area contributed by atoms with E-state index in [0.29, 0.717) is 6.04 Å². The standard InChI is InChI=1S/C17H22N2O2/c1-21-17(20)16-11-19-14(7-13-8-15(13)19)10-18(16)9-12-5-3-2-4-6-12/h2-6,13-16H,7-11H2,1H3/t13-,14+,15+,16-/m0/s1. The monoisotopic (exact) mass is 286 g/mol. The largest absolute Gasteiger partial charge is 0.468 e. The lowest BCUT2D eigenvalue weighted by atomic mass is 10.0. The third kappa shape index (κ3) is 2.36. The molecular formula is C17H22N2O2. The van der Waals surface area contributed by atoms with E-state index in [1.54, 1.807) is 0 Å². The van der Waals surface area contributed by atoms with Crippen molar-refractivity contribution in [1.29, 1.82) is 0 Å². The van der Waals surface area contributed by atoms with Crippen LogP contribution in [0.15, 0.2) is 30.3 Å². The summed E-state index contributed by atoms with van der Waals surface area (Å²) in [7, 11) is 1.50. The summed E-state index contributed by atoms with van der Waals surface area (Å²) in [5.74, 6) is 0.804. The maximum Gasteiger partial charge on any atom is 0.324 e. The zero-order valence-corrected chi connectivity index (χ0v) is 12.4. The third-order valence-electron chi connectivity index (χ3n) is 5.33. The fourth-order valence-corrected chi connectivity index (χ4v) is 4.18. The number of piperazine rings is 1. The number of carbonyl (C=O) groups excluding carboxylic acids is 1. The van der Waals surface area contributed by atoms with Crippen LogP contribution in [0.25, 0.3) is 0 Å². The van der Waals surface area contributed by atoms with E-state index in [1.165, 1.54) is 25.5 Å². The number of nitrogens with zero attached hydrogens (tertiary/aromatic N) is 2. The first-order valence-electron chi connectivity index (χ1n) is 7.88. The van der Waals surface area contributed by atoms with Crippen LogP contribution in [-0.2, 0) is 16.1 Å². The molecule has 21 heavy (non-hydrogen) atoms. The molecule has 0 aromatic heterocycles. The van der Waals surface area contributed by atoms with Crippen LogP contribution in [0.2, 0.25) is 0 Å². The smallest absolute Gasteiger partial charge is 0.324 e. The first kappa shape index (κ1) is 13.3. The SMILES string of the molecule is COC(=O)[C@@H]1CN2[C@H](C[C@H]3C[C@H]32)CN1Cc1ccccc1. The highest BCUT2D eigenvalue weighted by atomic mass is 16.5. The quantitative estimate of drug-likeness (QED) is 0.789. The van der Waals surface area contributed by atoms with Crippen LogP contribution in [-0.4, -0.2) is 54.1 Å². The highest BCUT2D eigenvalue weighted by Gasteiger charge is 2.55. The second-order valence-corrected chi connectivity index (χ2v) is 6.60. The number of hydrogen-bond donors (Lipinski definition) is 0. The summed E-state index contributed by atoms with van der Waals surface area (Å²) in [5, 5.41) is 0. The van der Waals surface area contributed by atoms with Crippen molar-refractivity contribution in [1.82, 2.24) is 9.80 Å². The van der Waals surface area contributed by atoms with Crippen LogP contribution in [0.5, 0.6) is 0 Å². The molecule has 2 aliphatic heterocycles. The minimum Gasteiger partial charge on any atom is -0.468 e. The van der Waals surface area contributed by atoms with Crippen LogP contribution >= 0.6 is 0 Å². The first-order valence-corrected chi connectivity index (χ1v) is 7.88. The van der Waals surface area contributed by atoms with Gasteiger partial charge in [-0.05, 0) is 24.3 Å². The van der Waals surface area contributed by atoms with Crippen LogP contribution in [0.3, 0.4) is 0 Å². The van der Waals surface area contributed by atoms with Crippen LogP contribution in [0.1, 0.15) is 18.4 Å². The normalized spacial score (nSPS) is 35.1. The number of esters is 1. The fourth-order valence-electron chi connectivity index (χ4n) is 4.18. The number of fused-ring (bicyclic) bond motifs is 3. The van der Waals surface area contributed by atoms with Crippen molar-refractivity contribution in [3.63, 3.8) is 0 Å². The average Bonchev–Trinajstić information content (AvgIpc) is 3.19. The zero-order chi connectivity index (χ0) is 14.4. The van der Waals surface area contributed by atoms with Crippen molar-refractivity contribution >= 4 is 5.97 Å². The number of ether oxygens (including phenoxy) is 1. The highest BCUT2D eigenvalue weighted by molar-refractivity contribution is 5.76. The molecule has 1 aromatic rings. The molecule has 4 rings (SSSR count). The van der Waals surface area contributed by atoms with Crippen molar-refractivity contribution < 1.29 is 9.53 Å². The third-order valence-corrected chi connectivity index (χ3v) is 5.33. The molecule has 0 N–H and O–H groups in total. The van der Waals surface area contributed by atoms with Gasteiger partial charge in [0, 0.05) is 31.7 Å². The summed E-state index contributed by atoms with van der Waals surface area (Å²) in [5.41, 5.74) is 1.27. The second-order valence-electron chi connectivity index (χ2n) is 6.60. The van der Waals surface area contributed by atoms with Gasteiger partial charge in [-0.25, -0.2) is 0 Å². The summed E-state index contributed by atoms with van der Waals surface area (Å²) >= 11 is 0. The molecule has 3 fully saturated rings. The van der Waals surface area contributed by atoms with E-state index in [-0.39, 0.29) is 12.0 Å². The molecule has 1 aliphatic carbocycles. The number of methoxy groups -OCH3 is 1. The van der Waals surface area contributed by atoms with E-state index in [1.807, 2.05) is 6.07 Å². The number of hydrogen-bond acceptors (Lipinski definition) is 4. The van der Waals surface area contributed by atoms with Gasteiger partial charge in [-0.2, -0.15) is 0 Å². The molecule has 4 nitrogen and oxygen atoms in total. The Labute approximate surface area is 125 Å². The van der Waals surface area contributed by atoms with E-state index in [2.05, 4.69) is 34.1 Å². The Bertz CT molecular complexity index is 533. The molecule has 0 unspecified atom stereocenters. The Hall–Kier alpha value is -1.39.